The predicted molar refractivity (Wildman–Crippen MR) is 127 cm³/mol. The molecule has 4 aromatic rings. The molecule has 4 aromatic heterocycles. The molecule has 5 nitrogen and oxygen atoms in total. The van der Waals surface area contributed by atoms with Gasteiger partial charge in [-0.25, -0.2) is 9.97 Å². The molecule has 0 atom stereocenters. The van der Waals surface area contributed by atoms with E-state index in [1.54, 1.807) is 0 Å². The van der Waals surface area contributed by atoms with Gasteiger partial charge in [0.25, 0.3) is 0 Å². The second-order valence-electron chi connectivity index (χ2n) is 7.78. The fraction of sp³-hybridized carbons (Fsp3) is 0.0385. The van der Waals surface area contributed by atoms with Crippen molar-refractivity contribution in [1.82, 2.24) is 24.9 Å². The quantitative estimate of drug-likeness (QED) is 0.354. The Morgan fingerprint density at radius 3 is 1.84 bits per heavy atom. The van der Waals surface area contributed by atoms with Crippen molar-refractivity contribution in [2.45, 2.75) is 6.92 Å². The summed E-state index contributed by atoms with van der Waals surface area (Å²) in [4.78, 5) is 20.9. The van der Waals surface area contributed by atoms with E-state index in [0.717, 1.165) is 61.7 Å². The molecule has 2 aliphatic heterocycles. The van der Waals surface area contributed by atoms with E-state index in [0.29, 0.717) is 0 Å². The molecular formula is C26H19N5. The lowest BCUT2D eigenvalue weighted by atomic mass is 10.1. The van der Waals surface area contributed by atoms with Crippen molar-refractivity contribution >= 4 is 46.4 Å². The first-order valence-corrected chi connectivity index (χ1v) is 10.2. The van der Waals surface area contributed by atoms with Crippen LogP contribution in [-0.4, -0.2) is 24.9 Å². The zero-order valence-corrected chi connectivity index (χ0v) is 16.9. The number of nitrogens with one attached hydrogen (secondary N) is 2. The lowest BCUT2D eigenvalue weighted by Crippen LogP contribution is -1.82. The average Bonchev–Trinajstić information content (AvgIpc) is 3.54. The number of hydrogen-bond acceptors (Lipinski definition) is 3. The van der Waals surface area contributed by atoms with E-state index in [-0.39, 0.29) is 0 Å². The van der Waals surface area contributed by atoms with Gasteiger partial charge in [-0.2, -0.15) is 0 Å². The number of fused-ring (bicyclic) bond motifs is 8. The van der Waals surface area contributed by atoms with Crippen molar-refractivity contribution in [3.63, 3.8) is 0 Å². The van der Waals surface area contributed by atoms with Crippen LogP contribution in [0.4, 0.5) is 0 Å². The molecule has 6 heterocycles. The van der Waals surface area contributed by atoms with Crippen molar-refractivity contribution in [2.75, 3.05) is 0 Å². The molecule has 8 bridgehead atoms. The van der Waals surface area contributed by atoms with Crippen molar-refractivity contribution in [3.8, 4) is 11.1 Å². The molecule has 0 saturated heterocycles. The Morgan fingerprint density at radius 2 is 1.23 bits per heavy atom. The van der Waals surface area contributed by atoms with Crippen LogP contribution in [0, 0.1) is 6.92 Å². The van der Waals surface area contributed by atoms with Gasteiger partial charge in [0.2, 0.25) is 0 Å². The number of hydrogen-bond donors (Lipinski definition) is 2. The third kappa shape index (κ3) is 3.46. The number of pyridine rings is 1. The van der Waals surface area contributed by atoms with Gasteiger partial charge >= 0.3 is 0 Å². The van der Waals surface area contributed by atoms with Crippen LogP contribution < -0.4 is 0 Å². The lowest BCUT2D eigenvalue weighted by Gasteiger charge is -1.99. The van der Waals surface area contributed by atoms with Crippen molar-refractivity contribution < 1.29 is 0 Å². The Hall–Kier alpha value is -4.25. The van der Waals surface area contributed by atoms with Crippen LogP contribution in [0.2, 0.25) is 0 Å². The van der Waals surface area contributed by atoms with Crippen molar-refractivity contribution in [3.05, 3.63) is 89.3 Å². The zero-order chi connectivity index (χ0) is 20.8. The summed E-state index contributed by atoms with van der Waals surface area (Å²) in [6.07, 6.45) is 10.0. The van der Waals surface area contributed by atoms with E-state index >= 15 is 0 Å². The highest BCUT2D eigenvalue weighted by atomic mass is 14.8. The van der Waals surface area contributed by atoms with Gasteiger partial charge in [0.05, 0.1) is 22.8 Å². The Kier molecular flexibility index (Phi) is 3.93. The van der Waals surface area contributed by atoms with Gasteiger partial charge in [-0.3, -0.25) is 4.98 Å². The molecule has 0 radical (unpaired) electrons. The molecule has 0 aromatic carbocycles. The summed E-state index contributed by atoms with van der Waals surface area (Å²) in [6, 6.07) is 18.6. The zero-order valence-electron chi connectivity index (χ0n) is 16.9. The monoisotopic (exact) mass is 401 g/mol. The highest BCUT2D eigenvalue weighted by Crippen LogP contribution is 2.27. The Balaban J connectivity index is 1.67. The number of rotatable bonds is 1. The van der Waals surface area contributed by atoms with E-state index in [1.165, 1.54) is 0 Å². The van der Waals surface area contributed by atoms with Gasteiger partial charge in [0.1, 0.15) is 0 Å². The fourth-order valence-corrected chi connectivity index (χ4v) is 3.88. The molecule has 148 valence electrons. The third-order valence-electron chi connectivity index (χ3n) is 5.39. The van der Waals surface area contributed by atoms with E-state index in [2.05, 4.69) is 51.4 Å². The summed E-state index contributed by atoms with van der Waals surface area (Å²) in [7, 11) is 0. The minimum absolute atomic E-state index is 0.903. The second-order valence-corrected chi connectivity index (χ2v) is 7.78. The Bertz CT molecular complexity index is 1530. The average molecular weight is 401 g/mol. The summed E-state index contributed by atoms with van der Waals surface area (Å²) < 4.78 is 0. The SMILES string of the molecule is Cc1ccc(-c2cc3cc4nc(cc5ccc(cc6nc(cc2[nH]3)C=C6)[nH]5)C=C4)cn1. The Morgan fingerprint density at radius 1 is 0.613 bits per heavy atom. The summed E-state index contributed by atoms with van der Waals surface area (Å²) in [5, 5.41) is 0. The summed E-state index contributed by atoms with van der Waals surface area (Å²) >= 11 is 0. The van der Waals surface area contributed by atoms with E-state index in [4.69, 9.17) is 9.97 Å². The molecule has 0 saturated carbocycles. The molecule has 0 fully saturated rings. The summed E-state index contributed by atoms with van der Waals surface area (Å²) in [6.45, 7) is 1.99. The molecule has 6 rings (SSSR count). The van der Waals surface area contributed by atoms with Crippen LogP contribution in [0.5, 0.6) is 0 Å². The number of aromatic amines is 2. The van der Waals surface area contributed by atoms with Crippen LogP contribution >= 0.6 is 0 Å². The van der Waals surface area contributed by atoms with Gasteiger partial charge in [0.15, 0.2) is 0 Å². The molecule has 2 N–H and O–H groups in total. The molecule has 5 heteroatoms. The lowest BCUT2D eigenvalue weighted by molar-refractivity contribution is 1.20. The minimum Gasteiger partial charge on any atom is -0.355 e. The second kappa shape index (κ2) is 6.92. The number of nitrogens with zero attached hydrogens (tertiary/aromatic N) is 3. The van der Waals surface area contributed by atoms with Crippen LogP contribution in [0.1, 0.15) is 28.5 Å². The molecule has 2 aliphatic rings. The predicted octanol–water partition coefficient (Wildman–Crippen LogP) is 6.03. The van der Waals surface area contributed by atoms with E-state index < -0.39 is 0 Å². The number of aromatic nitrogens is 5. The van der Waals surface area contributed by atoms with Crippen LogP contribution in [0.3, 0.4) is 0 Å². The maximum atomic E-state index is 4.77. The van der Waals surface area contributed by atoms with E-state index in [9.17, 15) is 0 Å². The molecule has 0 spiro atoms. The first-order valence-electron chi connectivity index (χ1n) is 10.2. The molecule has 31 heavy (non-hydrogen) atoms. The van der Waals surface area contributed by atoms with E-state index in [1.807, 2.05) is 55.6 Å². The molecular weight excluding hydrogens is 382 g/mol. The molecule has 0 unspecified atom stereocenters. The topological polar surface area (TPSA) is 70.2 Å². The van der Waals surface area contributed by atoms with Gasteiger partial charge in [-0.05, 0) is 79.8 Å². The molecule has 0 aliphatic carbocycles. The van der Waals surface area contributed by atoms with Gasteiger partial charge in [-0.15, -0.1) is 0 Å². The Labute approximate surface area is 178 Å². The van der Waals surface area contributed by atoms with Gasteiger partial charge in [0, 0.05) is 45.1 Å². The highest BCUT2D eigenvalue weighted by Gasteiger charge is 2.07. The highest BCUT2D eigenvalue weighted by molar-refractivity contribution is 5.87. The minimum atomic E-state index is 0.903. The maximum Gasteiger partial charge on any atom is 0.0658 e. The van der Waals surface area contributed by atoms with Crippen molar-refractivity contribution in [2.24, 2.45) is 0 Å². The largest absolute Gasteiger partial charge is 0.355 e. The number of aryl methyl sites for hydroxylation is 1. The smallest absolute Gasteiger partial charge is 0.0658 e. The summed E-state index contributed by atoms with van der Waals surface area (Å²) in [5.74, 6) is 0. The van der Waals surface area contributed by atoms with Crippen LogP contribution in [0.25, 0.3) is 57.5 Å². The van der Waals surface area contributed by atoms with Gasteiger partial charge < -0.3 is 9.97 Å². The standard InChI is InChI=1S/C26H19N5/c1-16-2-3-17(15-27-16)25-13-24-12-22-7-6-20(29-22)10-18-4-5-19(28-18)11-21-8-9-23(30-21)14-26(25)31-24/h2-15,28,31H,1H3. The first-order chi connectivity index (χ1) is 15.2. The summed E-state index contributed by atoms with van der Waals surface area (Å²) in [5.41, 5.74) is 10.8. The number of H-pyrrole nitrogens is 2. The molecule has 0 amide bonds. The van der Waals surface area contributed by atoms with Crippen molar-refractivity contribution in [1.29, 1.82) is 0 Å². The van der Waals surface area contributed by atoms with Crippen LogP contribution in [0.15, 0.2) is 60.8 Å². The fourth-order valence-electron chi connectivity index (χ4n) is 3.88. The van der Waals surface area contributed by atoms with Gasteiger partial charge in [-0.1, -0.05) is 6.07 Å². The van der Waals surface area contributed by atoms with Crippen LogP contribution in [-0.2, 0) is 0 Å². The first kappa shape index (κ1) is 17.6. The normalized spacial score (nSPS) is 12.4. The maximum absolute atomic E-state index is 4.77. The third-order valence-corrected chi connectivity index (χ3v) is 5.39.